The van der Waals surface area contributed by atoms with Gasteiger partial charge in [-0.25, -0.2) is 0 Å². The summed E-state index contributed by atoms with van der Waals surface area (Å²) < 4.78 is 5.03. The van der Waals surface area contributed by atoms with Crippen molar-refractivity contribution in [3.63, 3.8) is 0 Å². The van der Waals surface area contributed by atoms with Crippen LogP contribution in [0.5, 0.6) is 5.75 Å². The summed E-state index contributed by atoms with van der Waals surface area (Å²) in [7, 11) is 1.58. The van der Waals surface area contributed by atoms with Crippen molar-refractivity contribution < 1.29 is 9.53 Å². The van der Waals surface area contributed by atoms with Gasteiger partial charge in [-0.05, 0) is 13.3 Å². The normalized spacial score (nSPS) is 14.2. The molecule has 1 atom stereocenters. The highest BCUT2D eigenvalue weighted by atomic mass is 35.5. The van der Waals surface area contributed by atoms with Gasteiger partial charge in [-0.3, -0.25) is 4.79 Å². The lowest BCUT2D eigenvalue weighted by molar-refractivity contribution is 0.0916. The van der Waals surface area contributed by atoms with Crippen molar-refractivity contribution in [3.05, 3.63) is 16.3 Å². The Morgan fingerprint density at radius 2 is 2.38 bits per heavy atom. The number of amides is 1. The third-order valence-electron chi connectivity index (χ3n) is 2.53. The largest absolute Gasteiger partial charge is 0.496 e. The van der Waals surface area contributed by atoms with E-state index in [0.29, 0.717) is 16.5 Å². The van der Waals surface area contributed by atoms with Gasteiger partial charge in [0.1, 0.15) is 5.75 Å². The maximum absolute atomic E-state index is 11.9. The predicted molar refractivity (Wildman–Crippen MR) is 67.8 cm³/mol. The van der Waals surface area contributed by atoms with E-state index in [0.717, 1.165) is 6.42 Å². The van der Waals surface area contributed by atoms with Crippen LogP contribution in [0, 0.1) is 0 Å². The highest BCUT2D eigenvalue weighted by molar-refractivity contribution is 7.12. The molecule has 1 aromatic heterocycles. The average Bonchev–Trinajstić information content (AvgIpc) is 2.77. The highest BCUT2D eigenvalue weighted by Gasteiger charge is 2.24. The van der Waals surface area contributed by atoms with Crippen molar-refractivity contribution >= 4 is 28.8 Å². The molecular formula is C11H16ClNO2S. The van der Waals surface area contributed by atoms with Gasteiger partial charge in [0.2, 0.25) is 0 Å². The highest BCUT2D eigenvalue weighted by Crippen LogP contribution is 2.22. The molecule has 5 heteroatoms. The van der Waals surface area contributed by atoms with E-state index < -0.39 is 0 Å². The minimum absolute atomic E-state index is 0.0988. The molecule has 0 saturated carbocycles. The Balaban J connectivity index is 2.71. The Labute approximate surface area is 105 Å². The van der Waals surface area contributed by atoms with E-state index in [4.69, 9.17) is 16.3 Å². The average molecular weight is 262 g/mol. The van der Waals surface area contributed by atoms with E-state index in [2.05, 4.69) is 5.32 Å². The van der Waals surface area contributed by atoms with Gasteiger partial charge in [0.15, 0.2) is 0 Å². The first-order chi connectivity index (χ1) is 7.54. The van der Waals surface area contributed by atoms with Crippen LogP contribution in [0.3, 0.4) is 0 Å². The number of hydrogen-bond donors (Lipinski definition) is 1. The number of carbonyl (C=O) groups is 1. The first-order valence-electron chi connectivity index (χ1n) is 5.05. The Morgan fingerprint density at radius 3 is 2.81 bits per heavy atom. The lowest BCUT2D eigenvalue weighted by Gasteiger charge is -2.26. The summed E-state index contributed by atoms with van der Waals surface area (Å²) in [5, 5.41) is 4.73. The van der Waals surface area contributed by atoms with Crippen LogP contribution >= 0.6 is 22.9 Å². The van der Waals surface area contributed by atoms with Crippen molar-refractivity contribution in [3.8, 4) is 5.75 Å². The van der Waals surface area contributed by atoms with E-state index in [1.807, 2.05) is 13.8 Å². The van der Waals surface area contributed by atoms with Crippen LogP contribution in [0.4, 0.5) is 0 Å². The van der Waals surface area contributed by atoms with Crippen molar-refractivity contribution in [2.45, 2.75) is 25.8 Å². The standard InChI is InChI=1S/C11H16ClNO2S/c1-4-11(2,7-12)13-10(14)9-5-8(15-3)6-16-9/h5-6H,4,7H2,1-3H3,(H,13,14). The molecule has 1 amide bonds. The van der Waals surface area contributed by atoms with Gasteiger partial charge in [0, 0.05) is 17.3 Å². The van der Waals surface area contributed by atoms with Crippen LogP contribution < -0.4 is 10.1 Å². The zero-order valence-corrected chi connectivity index (χ0v) is 11.2. The number of hydrogen-bond acceptors (Lipinski definition) is 3. The number of alkyl halides is 1. The fourth-order valence-corrected chi connectivity index (χ4v) is 2.10. The molecule has 1 rings (SSSR count). The molecule has 1 heterocycles. The zero-order chi connectivity index (χ0) is 12.2. The van der Waals surface area contributed by atoms with Gasteiger partial charge < -0.3 is 10.1 Å². The number of ether oxygens (including phenoxy) is 1. The Morgan fingerprint density at radius 1 is 1.69 bits per heavy atom. The number of carbonyl (C=O) groups excluding carboxylic acids is 1. The molecule has 0 bridgehead atoms. The summed E-state index contributed by atoms with van der Waals surface area (Å²) >= 11 is 7.20. The van der Waals surface area contributed by atoms with Gasteiger partial charge >= 0.3 is 0 Å². The number of halogens is 1. The lowest BCUT2D eigenvalue weighted by atomic mass is 10.0. The number of methoxy groups -OCH3 is 1. The van der Waals surface area contributed by atoms with Crippen molar-refractivity contribution in [2.24, 2.45) is 0 Å². The molecule has 0 saturated heterocycles. The topological polar surface area (TPSA) is 38.3 Å². The van der Waals surface area contributed by atoms with Gasteiger partial charge in [-0.1, -0.05) is 6.92 Å². The van der Waals surface area contributed by atoms with Crippen LogP contribution in [0.25, 0.3) is 0 Å². The molecule has 0 spiro atoms. The van der Waals surface area contributed by atoms with Gasteiger partial charge in [-0.15, -0.1) is 22.9 Å². The van der Waals surface area contributed by atoms with E-state index in [1.54, 1.807) is 18.6 Å². The van der Waals surface area contributed by atoms with Gasteiger partial charge in [0.25, 0.3) is 5.91 Å². The summed E-state index contributed by atoms with van der Waals surface area (Å²) in [6.07, 6.45) is 0.796. The summed E-state index contributed by atoms with van der Waals surface area (Å²) in [6, 6.07) is 1.73. The Bertz CT molecular complexity index is 361. The molecule has 16 heavy (non-hydrogen) atoms. The molecule has 0 aliphatic heterocycles. The zero-order valence-electron chi connectivity index (χ0n) is 9.67. The van der Waals surface area contributed by atoms with Crippen LogP contribution in [0.15, 0.2) is 11.4 Å². The third-order valence-corrected chi connectivity index (χ3v) is 4.02. The molecule has 0 radical (unpaired) electrons. The van der Waals surface area contributed by atoms with E-state index in [9.17, 15) is 4.79 Å². The van der Waals surface area contributed by atoms with Crippen LogP contribution in [-0.4, -0.2) is 24.4 Å². The summed E-state index contributed by atoms with van der Waals surface area (Å²) in [4.78, 5) is 12.5. The summed E-state index contributed by atoms with van der Waals surface area (Å²) in [5.74, 6) is 1.01. The Kier molecular flexibility index (Phi) is 4.62. The molecule has 1 N–H and O–H groups in total. The van der Waals surface area contributed by atoms with Crippen LogP contribution in [0.1, 0.15) is 29.9 Å². The second-order valence-electron chi connectivity index (χ2n) is 3.85. The van der Waals surface area contributed by atoms with Gasteiger partial charge in [-0.2, -0.15) is 0 Å². The van der Waals surface area contributed by atoms with E-state index >= 15 is 0 Å². The molecular weight excluding hydrogens is 246 g/mol. The summed E-state index contributed by atoms with van der Waals surface area (Å²) in [5.41, 5.74) is -0.351. The smallest absolute Gasteiger partial charge is 0.261 e. The first kappa shape index (κ1) is 13.3. The number of thiophene rings is 1. The fourth-order valence-electron chi connectivity index (χ4n) is 1.10. The van der Waals surface area contributed by atoms with Crippen LogP contribution in [-0.2, 0) is 0 Å². The minimum Gasteiger partial charge on any atom is -0.496 e. The number of nitrogens with one attached hydrogen (secondary N) is 1. The minimum atomic E-state index is -0.351. The summed E-state index contributed by atoms with van der Waals surface area (Å²) in [6.45, 7) is 3.93. The second-order valence-corrected chi connectivity index (χ2v) is 5.03. The monoisotopic (exact) mass is 261 g/mol. The number of rotatable bonds is 5. The molecule has 0 aromatic carbocycles. The second kappa shape index (κ2) is 5.55. The van der Waals surface area contributed by atoms with E-state index in [-0.39, 0.29) is 11.4 Å². The van der Waals surface area contributed by atoms with Crippen LogP contribution in [0.2, 0.25) is 0 Å². The van der Waals surface area contributed by atoms with Crippen molar-refractivity contribution in [1.29, 1.82) is 0 Å². The molecule has 1 unspecified atom stereocenters. The molecule has 0 fully saturated rings. The quantitative estimate of drug-likeness (QED) is 0.828. The SMILES string of the molecule is CCC(C)(CCl)NC(=O)c1cc(OC)cs1. The molecule has 0 aliphatic rings. The van der Waals surface area contributed by atoms with Crippen molar-refractivity contribution in [2.75, 3.05) is 13.0 Å². The van der Waals surface area contributed by atoms with Gasteiger partial charge in [0.05, 0.1) is 17.5 Å². The lowest BCUT2D eigenvalue weighted by Crippen LogP contribution is -2.46. The molecule has 0 aliphatic carbocycles. The predicted octanol–water partition coefficient (Wildman–Crippen LogP) is 2.89. The fraction of sp³-hybridized carbons (Fsp3) is 0.545. The van der Waals surface area contributed by atoms with Crippen molar-refractivity contribution in [1.82, 2.24) is 5.32 Å². The molecule has 90 valence electrons. The Hall–Kier alpha value is -0.740. The molecule has 1 aromatic rings. The first-order valence-corrected chi connectivity index (χ1v) is 6.47. The van der Waals surface area contributed by atoms with E-state index in [1.165, 1.54) is 11.3 Å². The molecule has 3 nitrogen and oxygen atoms in total. The maximum Gasteiger partial charge on any atom is 0.261 e. The maximum atomic E-state index is 11.9. The third kappa shape index (κ3) is 3.12.